The highest BCUT2D eigenvalue weighted by molar-refractivity contribution is 5.80. The second kappa shape index (κ2) is 8.73. The summed E-state index contributed by atoms with van der Waals surface area (Å²) >= 11 is 0. The van der Waals surface area contributed by atoms with Crippen molar-refractivity contribution in [3.63, 3.8) is 0 Å². The summed E-state index contributed by atoms with van der Waals surface area (Å²) in [6, 6.07) is 9.13. The highest BCUT2D eigenvalue weighted by atomic mass is 16.5. The zero-order valence-corrected chi connectivity index (χ0v) is 11.8. The Morgan fingerprint density at radius 1 is 1.19 bits per heavy atom. The van der Waals surface area contributed by atoms with Gasteiger partial charge in [0.1, 0.15) is 6.61 Å². The number of carbonyl (C=O) groups excluding carboxylic acids is 2. The van der Waals surface area contributed by atoms with Crippen LogP contribution in [0.5, 0.6) is 0 Å². The highest BCUT2D eigenvalue weighted by Gasteiger charge is 2.24. The predicted molar refractivity (Wildman–Crippen MR) is 73.2 cm³/mol. The molecule has 0 bridgehead atoms. The van der Waals surface area contributed by atoms with Crippen molar-refractivity contribution >= 4 is 17.9 Å². The minimum atomic E-state index is -1.03. The van der Waals surface area contributed by atoms with E-state index in [9.17, 15) is 14.4 Å². The summed E-state index contributed by atoms with van der Waals surface area (Å²) in [5.74, 6) is -2.98. The van der Waals surface area contributed by atoms with E-state index in [4.69, 9.17) is 9.84 Å². The minimum absolute atomic E-state index is 0.0441. The summed E-state index contributed by atoms with van der Waals surface area (Å²) in [6.07, 6.45) is -0.346. The molecule has 1 aromatic rings. The van der Waals surface area contributed by atoms with Crippen LogP contribution in [-0.4, -0.2) is 30.1 Å². The number of hydrogen-bond donors (Lipinski definition) is 1. The van der Waals surface area contributed by atoms with Gasteiger partial charge in [-0.1, -0.05) is 30.3 Å². The maximum absolute atomic E-state index is 11.7. The summed E-state index contributed by atoms with van der Waals surface area (Å²) in [5, 5.41) is 8.63. The van der Waals surface area contributed by atoms with Gasteiger partial charge in [-0.05, 0) is 12.0 Å². The number of rotatable bonds is 8. The summed E-state index contributed by atoms with van der Waals surface area (Å²) < 4.78 is 9.63. The van der Waals surface area contributed by atoms with Crippen molar-refractivity contribution in [2.24, 2.45) is 5.92 Å². The molecule has 1 aromatic carbocycles. The number of hydrogen-bond acceptors (Lipinski definition) is 5. The highest BCUT2D eigenvalue weighted by Crippen LogP contribution is 2.15. The van der Waals surface area contributed by atoms with Gasteiger partial charge in [-0.25, -0.2) is 0 Å². The van der Waals surface area contributed by atoms with Crippen LogP contribution in [0.1, 0.15) is 24.8 Å². The zero-order chi connectivity index (χ0) is 15.7. The maximum Gasteiger partial charge on any atom is 0.309 e. The first-order chi connectivity index (χ1) is 10.0. The molecule has 0 unspecified atom stereocenters. The van der Waals surface area contributed by atoms with Gasteiger partial charge < -0.3 is 14.6 Å². The van der Waals surface area contributed by atoms with Gasteiger partial charge in [0, 0.05) is 6.42 Å². The SMILES string of the molecule is COC(=O)[C@H](CCC(=O)O)CC(=O)OCc1ccccc1. The molecule has 0 saturated heterocycles. The van der Waals surface area contributed by atoms with Crippen molar-refractivity contribution in [2.45, 2.75) is 25.9 Å². The lowest BCUT2D eigenvalue weighted by molar-refractivity contribution is -0.154. The number of carbonyl (C=O) groups is 3. The Hall–Kier alpha value is -2.37. The molecular formula is C15H18O6. The molecule has 6 heteroatoms. The Morgan fingerprint density at radius 2 is 1.86 bits per heavy atom. The summed E-state index contributed by atoms with van der Waals surface area (Å²) in [6.45, 7) is 0.118. The lowest BCUT2D eigenvalue weighted by Crippen LogP contribution is -2.22. The van der Waals surface area contributed by atoms with E-state index < -0.39 is 23.8 Å². The number of carboxylic acid groups (broad SMARTS) is 1. The third-order valence-corrected chi connectivity index (χ3v) is 2.90. The zero-order valence-electron chi connectivity index (χ0n) is 11.8. The van der Waals surface area contributed by atoms with Crippen LogP contribution >= 0.6 is 0 Å². The average Bonchev–Trinajstić information content (AvgIpc) is 2.49. The first-order valence-corrected chi connectivity index (χ1v) is 6.52. The Bertz CT molecular complexity index is 482. The van der Waals surface area contributed by atoms with Crippen molar-refractivity contribution in [3.8, 4) is 0 Å². The Balaban J connectivity index is 2.47. The molecule has 1 rings (SSSR count). The van der Waals surface area contributed by atoms with Crippen LogP contribution in [0.4, 0.5) is 0 Å². The second-order valence-corrected chi connectivity index (χ2v) is 4.50. The molecule has 114 valence electrons. The van der Waals surface area contributed by atoms with Crippen LogP contribution in [0.25, 0.3) is 0 Å². The van der Waals surface area contributed by atoms with Crippen molar-refractivity contribution in [2.75, 3.05) is 7.11 Å². The minimum Gasteiger partial charge on any atom is -0.481 e. The van der Waals surface area contributed by atoms with Gasteiger partial charge >= 0.3 is 17.9 Å². The van der Waals surface area contributed by atoms with E-state index in [0.717, 1.165) is 5.56 Å². The van der Waals surface area contributed by atoms with Crippen LogP contribution in [0.15, 0.2) is 30.3 Å². The van der Waals surface area contributed by atoms with Crippen LogP contribution in [0.3, 0.4) is 0 Å². The van der Waals surface area contributed by atoms with Crippen molar-refractivity contribution in [1.29, 1.82) is 0 Å². The van der Waals surface area contributed by atoms with Crippen molar-refractivity contribution < 1.29 is 29.0 Å². The number of benzene rings is 1. The number of esters is 2. The molecule has 0 fully saturated rings. The fraction of sp³-hybridized carbons (Fsp3) is 0.400. The van der Waals surface area contributed by atoms with Gasteiger partial charge in [0.05, 0.1) is 19.4 Å². The Labute approximate surface area is 122 Å². The molecule has 0 amide bonds. The molecule has 0 aliphatic heterocycles. The molecule has 0 spiro atoms. The van der Waals surface area contributed by atoms with Gasteiger partial charge in [-0.2, -0.15) is 0 Å². The molecule has 6 nitrogen and oxygen atoms in total. The lowest BCUT2D eigenvalue weighted by Gasteiger charge is -2.13. The Kier molecular flexibility index (Phi) is 6.94. The van der Waals surface area contributed by atoms with Crippen LogP contribution in [-0.2, 0) is 30.5 Å². The van der Waals surface area contributed by atoms with Gasteiger partial charge in [0.25, 0.3) is 0 Å². The van der Waals surface area contributed by atoms with Gasteiger partial charge in [-0.15, -0.1) is 0 Å². The molecular weight excluding hydrogens is 276 g/mol. The van der Waals surface area contributed by atoms with Gasteiger partial charge in [0.2, 0.25) is 0 Å². The van der Waals surface area contributed by atoms with Gasteiger partial charge in [-0.3, -0.25) is 14.4 Å². The van der Waals surface area contributed by atoms with E-state index in [0.29, 0.717) is 0 Å². The van der Waals surface area contributed by atoms with Gasteiger partial charge in [0.15, 0.2) is 0 Å². The van der Waals surface area contributed by atoms with E-state index in [-0.39, 0.29) is 25.9 Å². The van der Waals surface area contributed by atoms with Crippen molar-refractivity contribution in [1.82, 2.24) is 0 Å². The number of carboxylic acids is 1. The second-order valence-electron chi connectivity index (χ2n) is 4.50. The van der Waals surface area contributed by atoms with Crippen molar-refractivity contribution in [3.05, 3.63) is 35.9 Å². The molecule has 0 radical (unpaired) electrons. The standard InChI is InChI=1S/C15H18O6/c1-20-15(19)12(7-8-13(16)17)9-14(18)21-10-11-5-3-2-4-6-11/h2-6,12H,7-10H2,1H3,(H,16,17)/t12-/m1/s1. The fourth-order valence-corrected chi connectivity index (χ4v) is 1.77. The maximum atomic E-state index is 11.7. The van der Waals surface area contributed by atoms with Crippen LogP contribution < -0.4 is 0 Å². The molecule has 1 atom stereocenters. The molecule has 0 aliphatic carbocycles. The monoisotopic (exact) mass is 294 g/mol. The van der Waals surface area contributed by atoms with Crippen LogP contribution in [0, 0.1) is 5.92 Å². The average molecular weight is 294 g/mol. The quantitative estimate of drug-likeness (QED) is 0.735. The van der Waals surface area contributed by atoms with E-state index in [2.05, 4.69) is 4.74 Å². The van der Waals surface area contributed by atoms with E-state index in [1.807, 2.05) is 30.3 Å². The number of ether oxygens (including phenoxy) is 2. The van der Waals surface area contributed by atoms with E-state index in [1.165, 1.54) is 7.11 Å². The topological polar surface area (TPSA) is 89.9 Å². The first-order valence-electron chi connectivity index (χ1n) is 6.52. The lowest BCUT2D eigenvalue weighted by atomic mass is 9.99. The van der Waals surface area contributed by atoms with E-state index >= 15 is 0 Å². The third kappa shape index (κ3) is 6.56. The number of methoxy groups -OCH3 is 1. The molecule has 0 aliphatic rings. The smallest absolute Gasteiger partial charge is 0.309 e. The van der Waals surface area contributed by atoms with Crippen LogP contribution in [0.2, 0.25) is 0 Å². The summed E-state index contributed by atoms with van der Waals surface area (Å²) in [5.41, 5.74) is 0.839. The fourth-order valence-electron chi connectivity index (χ4n) is 1.77. The molecule has 0 heterocycles. The van der Waals surface area contributed by atoms with E-state index in [1.54, 1.807) is 0 Å². The first kappa shape index (κ1) is 16.7. The molecule has 0 saturated carbocycles. The molecule has 1 N–H and O–H groups in total. The largest absolute Gasteiger partial charge is 0.481 e. The Morgan fingerprint density at radius 3 is 2.43 bits per heavy atom. The normalized spacial score (nSPS) is 11.5. The molecule has 0 aromatic heterocycles. The molecule has 21 heavy (non-hydrogen) atoms. The predicted octanol–water partition coefficient (Wildman–Crippen LogP) is 1.77. The summed E-state index contributed by atoms with van der Waals surface area (Å²) in [7, 11) is 1.20. The third-order valence-electron chi connectivity index (χ3n) is 2.90. The number of aliphatic carboxylic acids is 1. The summed E-state index contributed by atoms with van der Waals surface area (Å²) in [4.78, 5) is 33.8.